The highest BCUT2D eigenvalue weighted by Gasteiger charge is 2.23. The Morgan fingerprint density at radius 3 is 2.32 bits per heavy atom. The van der Waals surface area contributed by atoms with E-state index in [-0.39, 0.29) is 5.91 Å². The third-order valence-electron chi connectivity index (χ3n) is 5.47. The van der Waals surface area contributed by atoms with Gasteiger partial charge in [0.2, 0.25) is 5.91 Å². The van der Waals surface area contributed by atoms with Crippen molar-refractivity contribution in [1.82, 2.24) is 14.7 Å². The summed E-state index contributed by atoms with van der Waals surface area (Å²) >= 11 is 0. The molecule has 0 atom stereocenters. The topological polar surface area (TPSA) is 50.6 Å². The number of aryl methyl sites for hydroxylation is 1. The quantitative estimate of drug-likeness (QED) is 0.768. The van der Waals surface area contributed by atoms with Gasteiger partial charge < -0.3 is 14.5 Å². The van der Waals surface area contributed by atoms with Gasteiger partial charge in [-0.05, 0) is 44.0 Å². The first kappa shape index (κ1) is 20.2. The standard InChI is InChI=1S/C22H32N4O2/c1-16(2)15-26-18(4)21(17(3)23-26)14-22(27)25-12-10-24(11-13-25)19-6-8-20(28-5)9-7-19/h6-9,16H,10-15H2,1-5H3. The van der Waals surface area contributed by atoms with Crippen LogP contribution in [0.5, 0.6) is 5.75 Å². The highest BCUT2D eigenvalue weighted by atomic mass is 16.5. The molecule has 0 aliphatic carbocycles. The summed E-state index contributed by atoms with van der Waals surface area (Å²) in [6.07, 6.45) is 0.443. The molecule has 6 nitrogen and oxygen atoms in total. The van der Waals surface area contributed by atoms with Crippen LogP contribution < -0.4 is 9.64 Å². The van der Waals surface area contributed by atoms with Gasteiger partial charge in [-0.1, -0.05) is 13.8 Å². The number of amides is 1. The Morgan fingerprint density at radius 1 is 1.11 bits per heavy atom. The Labute approximate surface area is 168 Å². The van der Waals surface area contributed by atoms with Gasteiger partial charge in [0, 0.05) is 49.7 Å². The highest BCUT2D eigenvalue weighted by Crippen LogP contribution is 2.21. The maximum absolute atomic E-state index is 12.9. The fraction of sp³-hybridized carbons (Fsp3) is 0.545. The van der Waals surface area contributed by atoms with Gasteiger partial charge in [-0.2, -0.15) is 5.10 Å². The first-order chi connectivity index (χ1) is 13.4. The third-order valence-corrected chi connectivity index (χ3v) is 5.47. The number of hydrogen-bond acceptors (Lipinski definition) is 4. The van der Waals surface area contributed by atoms with E-state index in [0.717, 1.165) is 55.4 Å². The predicted molar refractivity (Wildman–Crippen MR) is 112 cm³/mol. The van der Waals surface area contributed by atoms with Crippen LogP contribution in [0.2, 0.25) is 0 Å². The lowest BCUT2D eigenvalue weighted by Gasteiger charge is -2.36. The van der Waals surface area contributed by atoms with E-state index in [9.17, 15) is 4.79 Å². The Kier molecular flexibility index (Phi) is 6.27. The Hall–Kier alpha value is -2.50. The lowest BCUT2D eigenvalue weighted by atomic mass is 10.1. The molecule has 2 heterocycles. The molecule has 152 valence electrons. The Balaban J connectivity index is 1.59. The molecule has 1 saturated heterocycles. The van der Waals surface area contributed by atoms with Crippen LogP contribution in [-0.4, -0.2) is 53.9 Å². The van der Waals surface area contributed by atoms with E-state index in [1.54, 1.807) is 7.11 Å². The summed E-state index contributed by atoms with van der Waals surface area (Å²) in [5, 5.41) is 4.64. The van der Waals surface area contributed by atoms with Crippen LogP contribution in [-0.2, 0) is 17.8 Å². The molecule has 1 aliphatic rings. The summed E-state index contributed by atoms with van der Waals surface area (Å²) in [5.41, 5.74) is 4.36. The van der Waals surface area contributed by atoms with E-state index >= 15 is 0 Å². The third kappa shape index (κ3) is 4.49. The van der Waals surface area contributed by atoms with Crippen LogP contribution in [0.3, 0.4) is 0 Å². The van der Waals surface area contributed by atoms with Gasteiger partial charge in [0.05, 0.1) is 19.2 Å². The molecule has 2 aromatic rings. The number of ether oxygens (including phenoxy) is 1. The number of aromatic nitrogens is 2. The van der Waals surface area contributed by atoms with Gasteiger partial charge in [-0.25, -0.2) is 0 Å². The smallest absolute Gasteiger partial charge is 0.227 e. The number of benzene rings is 1. The minimum atomic E-state index is 0.199. The van der Waals surface area contributed by atoms with Crippen molar-refractivity contribution in [1.29, 1.82) is 0 Å². The van der Waals surface area contributed by atoms with Crippen LogP contribution in [0.15, 0.2) is 24.3 Å². The summed E-state index contributed by atoms with van der Waals surface area (Å²) in [4.78, 5) is 17.2. The molecule has 1 aromatic carbocycles. The van der Waals surface area contributed by atoms with Crippen LogP contribution in [0.1, 0.15) is 30.8 Å². The normalized spacial score (nSPS) is 14.6. The number of carbonyl (C=O) groups excluding carboxylic acids is 1. The SMILES string of the molecule is COc1ccc(N2CCN(C(=O)Cc3c(C)nn(CC(C)C)c3C)CC2)cc1. The van der Waals surface area contributed by atoms with Crippen LogP contribution >= 0.6 is 0 Å². The molecule has 0 radical (unpaired) electrons. The highest BCUT2D eigenvalue weighted by molar-refractivity contribution is 5.79. The molecular formula is C22H32N4O2. The molecule has 1 aromatic heterocycles. The molecule has 0 N–H and O–H groups in total. The van der Waals surface area contributed by atoms with Crippen LogP contribution in [0, 0.1) is 19.8 Å². The van der Waals surface area contributed by atoms with Gasteiger partial charge in [-0.3, -0.25) is 9.48 Å². The Bertz CT molecular complexity index is 803. The molecule has 0 spiro atoms. The van der Waals surface area contributed by atoms with Gasteiger partial charge in [0.25, 0.3) is 0 Å². The molecule has 6 heteroatoms. The predicted octanol–water partition coefficient (Wildman–Crippen LogP) is 3.06. The largest absolute Gasteiger partial charge is 0.497 e. The van der Waals surface area contributed by atoms with E-state index in [1.165, 1.54) is 5.69 Å². The molecular weight excluding hydrogens is 352 g/mol. The fourth-order valence-corrected chi connectivity index (χ4v) is 3.78. The summed E-state index contributed by atoms with van der Waals surface area (Å²) < 4.78 is 7.27. The van der Waals surface area contributed by atoms with E-state index in [1.807, 2.05) is 28.6 Å². The molecule has 1 amide bonds. The number of nitrogens with zero attached hydrogens (tertiary/aromatic N) is 4. The molecule has 3 rings (SSSR count). The second kappa shape index (κ2) is 8.67. The van der Waals surface area contributed by atoms with Crippen molar-refractivity contribution in [3.05, 3.63) is 41.2 Å². The summed E-state index contributed by atoms with van der Waals surface area (Å²) in [7, 11) is 1.68. The lowest BCUT2D eigenvalue weighted by Crippen LogP contribution is -2.49. The number of anilines is 1. The second-order valence-corrected chi connectivity index (χ2v) is 7.97. The van der Waals surface area contributed by atoms with Crippen LogP contribution in [0.25, 0.3) is 0 Å². The number of hydrogen-bond donors (Lipinski definition) is 0. The fourth-order valence-electron chi connectivity index (χ4n) is 3.78. The van der Waals surface area contributed by atoms with Crippen molar-refractivity contribution in [2.75, 3.05) is 38.2 Å². The number of rotatable bonds is 6. The van der Waals surface area contributed by atoms with Crippen molar-refractivity contribution in [3.8, 4) is 5.75 Å². The molecule has 1 fully saturated rings. The monoisotopic (exact) mass is 384 g/mol. The zero-order chi connectivity index (χ0) is 20.3. The van der Waals surface area contributed by atoms with Crippen molar-refractivity contribution < 1.29 is 9.53 Å². The Morgan fingerprint density at radius 2 is 1.75 bits per heavy atom. The maximum atomic E-state index is 12.9. The summed E-state index contributed by atoms with van der Waals surface area (Å²) in [6.45, 7) is 12.5. The number of carbonyl (C=O) groups is 1. The first-order valence-corrected chi connectivity index (χ1v) is 10.1. The van der Waals surface area contributed by atoms with E-state index in [4.69, 9.17) is 4.74 Å². The van der Waals surface area contributed by atoms with Crippen molar-refractivity contribution >= 4 is 11.6 Å². The minimum Gasteiger partial charge on any atom is -0.497 e. The average molecular weight is 385 g/mol. The van der Waals surface area contributed by atoms with Gasteiger partial charge in [-0.15, -0.1) is 0 Å². The van der Waals surface area contributed by atoms with E-state index in [2.05, 4.69) is 42.9 Å². The second-order valence-electron chi connectivity index (χ2n) is 7.97. The van der Waals surface area contributed by atoms with Gasteiger partial charge in [0.1, 0.15) is 5.75 Å². The van der Waals surface area contributed by atoms with Crippen LogP contribution in [0.4, 0.5) is 5.69 Å². The molecule has 28 heavy (non-hydrogen) atoms. The van der Waals surface area contributed by atoms with Crippen molar-refractivity contribution in [2.45, 2.75) is 40.7 Å². The molecule has 0 unspecified atom stereocenters. The van der Waals surface area contributed by atoms with Crippen molar-refractivity contribution in [3.63, 3.8) is 0 Å². The van der Waals surface area contributed by atoms with Gasteiger partial charge in [0.15, 0.2) is 0 Å². The zero-order valence-electron chi connectivity index (χ0n) is 17.7. The zero-order valence-corrected chi connectivity index (χ0v) is 17.7. The lowest BCUT2D eigenvalue weighted by molar-refractivity contribution is -0.130. The van der Waals surface area contributed by atoms with Gasteiger partial charge >= 0.3 is 0 Å². The minimum absolute atomic E-state index is 0.199. The molecule has 0 saturated carbocycles. The average Bonchev–Trinajstić information content (AvgIpc) is 2.95. The first-order valence-electron chi connectivity index (χ1n) is 10.1. The summed E-state index contributed by atoms with van der Waals surface area (Å²) in [6, 6.07) is 8.11. The summed E-state index contributed by atoms with van der Waals surface area (Å²) in [5.74, 6) is 1.60. The molecule has 0 bridgehead atoms. The number of piperazine rings is 1. The van der Waals surface area contributed by atoms with Crippen molar-refractivity contribution in [2.24, 2.45) is 5.92 Å². The maximum Gasteiger partial charge on any atom is 0.227 e. The van der Waals surface area contributed by atoms with E-state index in [0.29, 0.717) is 12.3 Å². The van der Waals surface area contributed by atoms with E-state index < -0.39 is 0 Å². The number of methoxy groups -OCH3 is 1. The molecule has 1 aliphatic heterocycles.